The summed E-state index contributed by atoms with van der Waals surface area (Å²) in [5, 5.41) is 2.82. The summed E-state index contributed by atoms with van der Waals surface area (Å²) in [6.07, 6.45) is 2.32. The van der Waals surface area contributed by atoms with Crippen molar-refractivity contribution in [2.24, 2.45) is 0 Å². The van der Waals surface area contributed by atoms with Crippen LogP contribution in [-0.4, -0.2) is 49.4 Å². The summed E-state index contributed by atoms with van der Waals surface area (Å²) in [4.78, 5) is 28.5. The summed E-state index contributed by atoms with van der Waals surface area (Å²) in [6.45, 7) is 7.85. The second kappa shape index (κ2) is 7.49. The van der Waals surface area contributed by atoms with Gasteiger partial charge in [0.15, 0.2) is 0 Å². The van der Waals surface area contributed by atoms with Crippen molar-refractivity contribution in [1.29, 1.82) is 0 Å². The second-order valence-corrected chi connectivity index (χ2v) is 6.60. The maximum Gasteiger partial charge on any atom is 0.256 e. The molecule has 1 aromatic rings. The van der Waals surface area contributed by atoms with Gasteiger partial charge in [-0.1, -0.05) is 11.6 Å². The molecule has 1 aromatic carbocycles. The minimum Gasteiger partial charge on any atom is -0.371 e. The third-order valence-corrected chi connectivity index (χ3v) is 4.01. The number of hydrogen-bond acceptors (Lipinski definition) is 3. The molecule has 23 heavy (non-hydrogen) atoms. The van der Waals surface area contributed by atoms with Gasteiger partial charge in [-0.05, 0) is 45.7 Å². The number of hydrogen-bond donors (Lipinski definition) is 1. The van der Waals surface area contributed by atoms with Crippen LogP contribution in [0, 0.1) is 6.92 Å². The highest BCUT2D eigenvalue weighted by molar-refractivity contribution is 6.01. The van der Waals surface area contributed by atoms with Crippen molar-refractivity contribution >= 4 is 17.5 Å². The van der Waals surface area contributed by atoms with E-state index in [9.17, 15) is 9.59 Å². The molecule has 1 aliphatic heterocycles. The highest BCUT2D eigenvalue weighted by atomic mass is 16.2. The van der Waals surface area contributed by atoms with E-state index in [0.29, 0.717) is 5.56 Å². The smallest absolute Gasteiger partial charge is 0.256 e. The van der Waals surface area contributed by atoms with Gasteiger partial charge in [0.2, 0.25) is 5.91 Å². The lowest BCUT2D eigenvalue weighted by molar-refractivity contribution is -0.122. The van der Waals surface area contributed by atoms with Gasteiger partial charge in [-0.3, -0.25) is 9.59 Å². The molecule has 1 heterocycles. The number of carbonyl (C=O) groups is 2. The van der Waals surface area contributed by atoms with Gasteiger partial charge in [-0.15, -0.1) is 0 Å². The lowest BCUT2D eigenvalue weighted by Crippen LogP contribution is -2.41. The van der Waals surface area contributed by atoms with Gasteiger partial charge in [0.05, 0.1) is 12.1 Å². The van der Waals surface area contributed by atoms with Crippen molar-refractivity contribution < 1.29 is 9.59 Å². The normalized spacial score (nSPS) is 14.2. The molecule has 0 saturated carbocycles. The summed E-state index contributed by atoms with van der Waals surface area (Å²) in [6, 6.07) is 6.06. The van der Waals surface area contributed by atoms with Gasteiger partial charge < -0.3 is 15.1 Å². The highest BCUT2D eigenvalue weighted by Gasteiger charge is 2.22. The third kappa shape index (κ3) is 4.47. The molecule has 0 aromatic heterocycles. The largest absolute Gasteiger partial charge is 0.371 e. The monoisotopic (exact) mass is 317 g/mol. The van der Waals surface area contributed by atoms with Gasteiger partial charge in [0.1, 0.15) is 0 Å². The first-order valence-electron chi connectivity index (χ1n) is 8.29. The van der Waals surface area contributed by atoms with E-state index in [1.807, 2.05) is 39.0 Å². The average molecular weight is 317 g/mol. The van der Waals surface area contributed by atoms with Gasteiger partial charge in [-0.2, -0.15) is 0 Å². The van der Waals surface area contributed by atoms with Crippen molar-refractivity contribution in [3.05, 3.63) is 29.3 Å². The Morgan fingerprint density at radius 2 is 1.91 bits per heavy atom. The van der Waals surface area contributed by atoms with Gasteiger partial charge >= 0.3 is 0 Å². The number of likely N-dealkylation sites (N-methyl/N-ethyl adjacent to an activating group) is 1. The van der Waals surface area contributed by atoms with Crippen LogP contribution < -0.4 is 10.2 Å². The molecule has 2 rings (SSSR count). The standard InChI is InChI=1S/C18H27N3O2/c1-13(2)19-17(22)12-20(4)18(23)15-11-14(3)7-8-16(15)21-9-5-6-10-21/h7-8,11,13H,5-6,9-10,12H2,1-4H3,(H,19,22). The van der Waals surface area contributed by atoms with E-state index in [1.54, 1.807) is 7.05 Å². The Kier molecular flexibility index (Phi) is 5.64. The molecule has 0 bridgehead atoms. The number of amides is 2. The summed E-state index contributed by atoms with van der Waals surface area (Å²) < 4.78 is 0. The summed E-state index contributed by atoms with van der Waals surface area (Å²) in [7, 11) is 1.68. The molecule has 1 aliphatic rings. The molecule has 5 nitrogen and oxygen atoms in total. The molecular formula is C18H27N3O2. The summed E-state index contributed by atoms with van der Waals surface area (Å²) >= 11 is 0. The van der Waals surface area contributed by atoms with Gasteiger partial charge in [0.25, 0.3) is 5.91 Å². The number of rotatable bonds is 5. The van der Waals surface area contributed by atoms with Crippen LogP contribution in [0.25, 0.3) is 0 Å². The molecule has 0 unspecified atom stereocenters. The van der Waals surface area contributed by atoms with Gasteiger partial charge in [0, 0.05) is 31.9 Å². The van der Waals surface area contributed by atoms with Crippen LogP contribution in [-0.2, 0) is 4.79 Å². The molecule has 1 fully saturated rings. The number of anilines is 1. The van der Waals surface area contributed by atoms with Crippen molar-refractivity contribution in [3.8, 4) is 0 Å². The zero-order chi connectivity index (χ0) is 17.0. The van der Waals surface area contributed by atoms with Crippen LogP contribution in [0.1, 0.15) is 42.6 Å². The first-order chi connectivity index (χ1) is 10.9. The Labute approximate surface area is 138 Å². The van der Waals surface area contributed by atoms with E-state index in [1.165, 1.54) is 4.90 Å². The maximum atomic E-state index is 12.8. The average Bonchev–Trinajstić information content (AvgIpc) is 2.99. The Bertz CT molecular complexity index is 578. The minimum absolute atomic E-state index is 0.0738. The van der Waals surface area contributed by atoms with Gasteiger partial charge in [-0.25, -0.2) is 0 Å². The van der Waals surface area contributed by atoms with E-state index in [-0.39, 0.29) is 24.4 Å². The minimum atomic E-state index is -0.133. The van der Waals surface area contributed by atoms with Crippen molar-refractivity contribution in [2.45, 2.75) is 39.7 Å². The first kappa shape index (κ1) is 17.3. The maximum absolute atomic E-state index is 12.8. The topological polar surface area (TPSA) is 52.7 Å². The van der Waals surface area contributed by atoms with Crippen LogP contribution in [0.2, 0.25) is 0 Å². The molecule has 0 atom stereocenters. The van der Waals surface area contributed by atoms with Crippen LogP contribution in [0.15, 0.2) is 18.2 Å². The van der Waals surface area contributed by atoms with Crippen LogP contribution in [0.5, 0.6) is 0 Å². The number of nitrogens with zero attached hydrogens (tertiary/aromatic N) is 2. The zero-order valence-corrected chi connectivity index (χ0v) is 14.6. The second-order valence-electron chi connectivity index (χ2n) is 6.60. The lowest BCUT2D eigenvalue weighted by Gasteiger charge is -2.24. The predicted octanol–water partition coefficient (Wildman–Crippen LogP) is 2.19. The molecule has 2 amide bonds. The van der Waals surface area contributed by atoms with Crippen molar-refractivity contribution in [2.75, 3.05) is 31.6 Å². The van der Waals surface area contributed by atoms with E-state index in [2.05, 4.69) is 10.2 Å². The Hall–Kier alpha value is -2.04. The Morgan fingerprint density at radius 3 is 2.52 bits per heavy atom. The Balaban J connectivity index is 2.17. The van der Waals surface area contributed by atoms with E-state index >= 15 is 0 Å². The molecule has 126 valence electrons. The molecule has 5 heteroatoms. The van der Waals surface area contributed by atoms with Crippen molar-refractivity contribution in [1.82, 2.24) is 10.2 Å². The van der Waals surface area contributed by atoms with Crippen LogP contribution in [0.4, 0.5) is 5.69 Å². The quantitative estimate of drug-likeness (QED) is 0.906. The van der Waals surface area contributed by atoms with Crippen LogP contribution >= 0.6 is 0 Å². The Morgan fingerprint density at radius 1 is 1.26 bits per heavy atom. The molecule has 0 spiro atoms. The van der Waals surface area contributed by atoms with Crippen LogP contribution in [0.3, 0.4) is 0 Å². The fraction of sp³-hybridized carbons (Fsp3) is 0.556. The zero-order valence-electron chi connectivity index (χ0n) is 14.6. The molecule has 1 N–H and O–H groups in total. The fourth-order valence-corrected chi connectivity index (χ4v) is 2.92. The molecule has 0 radical (unpaired) electrons. The van der Waals surface area contributed by atoms with Crippen molar-refractivity contribution in [3.63, 3.8) is 0 Å². The highest BCUT2D eigenvalue weighted by Crippen LogP contribution is 2.26. The number of aryl methyl sites for hydroxylation is 1. The number of carbonyl (C=O) groups excluding carboxylic acids is 2. The van der Waals surface area contributed by atoms with E-state index in [4.69, 9.17) is 0 Å². The summed E-state index contributed by atoms with van der Waals surface area (Å²) in [5.74, 6) is -0.235. The molecule has 0 aliphatic carbocycles. The van der Waals surface area contributed by atoms with E-state index in [0.717, 1.165) is 37.2 Å². The molecular weight excluding hydrogens is 290 g/mol. The number of nitrogens with one attached hydrogen (secondary N) is 1. The molecule has 1 saturated heterocycles. The SMILES string of the molecule is Cc1ccc(N2CCCC2)c(C(=O)N(C)CC(=O)NC(C)C)c1. The predicted molar refractivity (Wildman–Crippen MR) is 92.9 cm³/mol. The number of benzene rings is 1. The third-order valence-electron chi connectivity index (χ3n) is 4.01. The van der Waals surface area contributed by atoms with E-state index < -0.39 is 0 Å². The lowest BCUT2D eigenvalue weighted by atomic mass is 10.1. The first-order valence-corrected chi connectivity index (χ1v) is 8.29. The summed E-state index contributed by atoms with van der Waals surface area (Å²) in [5.41, 5.74) is 2.72. The fourth-order valence-electron chi connectivity index (χ4n) is 2.92.